The van der Waals surface area contributed by atoms with E-state index in [4.69, 9.17) is 5.73 Å². The molecule has 10 heteroatoms. The van der Waals surface area contributed by atoms with Crippen molar-refractivity contribution in [2.24, 2.45) is 0 Å². The molecule has 0 aliphatic heterocycles. The highest BCUT2D eigenvalue weighted by Crippen LogP contribution is 2.24. The van der Waals surface area contributed by atoms with Crippen LogP contribution in [0.1, 0.15) is 28.5 Å². The van der Waals surface area contributed by atoms with Crippen LogP contribution in [-0.2, 0) is 0 Å². The smallest absolute Gasteiger partial charge is 0.319 e. The molecule has 0 aromatic carbocycles. The first-order valence-corrected chi connectivity index (χ1v) is 11.1. The van der Waals surface area contributed by atoms with Gasteiger partial charge in [-0.3, -0.25) is 9.78 Å². The molecule has 0 saturated carbocycles. The molecule has 3 amide bonds. The van der Waals surface area contributed by atoms with Crippen LogP contribution in [0, 0.1) is 0 Å². The summed E-state index contributed by atoms with van der Waals surface area (Å²) in [4.78, 5) is 31.1. The van der Waals surface area contributed by atoms with Crippen LogP contribution in [0.4, 0.5) is 21.9 Å². The molecular weight excluding hydrogens is 420 g/mol. The zero-order chi connectivity index (χ0) is 21.5. The fourth-order valence-corrected chi connectivity index (χ4v) is 3.97. The molecule has 0 aliphatic rings. The van der Waals surface area contributed by atoms with Gasteiger partial charge in [-0.05, 0) is 50.1 Å². The van der Waals surface area contributed by atoms with Crippen LogP contribution in [-0.4, -0.2) is 42.5 Å². The number of nitrogens with zero attached hydrogens (tertiary/aromatic N) is 2. The summed E-state index contributed by atoms with van der Waals surface area (Å²) in [5, 5.41) is 15.9. The normalized spacial score (nSPS) is 11.8. The number of carbonyl (C=O) groups excluding carboxylic acids is 2. The zero-order valence-electron chi connectivity index (χ0n) is 16.7. The fraction of sp³-hybridized carbons (Fsp3) is 0.250. The van der Waals surface area contributed by atoms with Gasteiger partial charge >= 0.3 is 6.03 Å². The molecule has 3 heterocycles. The lowest BCUT2D eigenvalue weighted by atomic mass is 10.1. The van der Waals surface area contributed by atoms with Crippen molar-refractivity contribution in [3.63, 3.8) is 0 Å². The van der Waals surface area contributed by atoms with Crippen LogP contribution in [0.15, 0.2) is 45.9 Å². The van der Waals surface area contributed by atoms with Crippen LogP contribution < -0.4 is 21.7 Å². The first-order chi connectivity index (χ1) is 14.4. The average molecular weight is 445 g/mol. The second-order valence-corrected chi connectivity index (χ2v) is 8.45. The maximum atomic E-state index is 12.4. The molecule has 158 valence electrons. The van der Waals surface area contributed by atoms with Crippen molar-refractivity contribution in [3.8, 4) is 0 Å². The number of aromatic nitrogens is 1. The molecule has 0 spiro atoms. The van der Waals surface area contributed by atoms with E-state index in [1.165, 1.54) is 22.7 Å². The lowest BCUT2D eigenvalue weighted by Crippen LogP contribution is -2.34. The molecule has 3 aromatic heterocycles. The van der Waals surface area contributed by atoms with E-state index in [2.05, 4.69) is 20.9 Å². The van der Waals surface area contributed by atoms with Gasteiger partial charge in [-0.1, -0.05) is 6.07 Å². The predicted molar refractivity (Wildman–Crippen MR) is 123 cm³/mol. The summed E-state index contributed by atoms with van der Waals surface area (Å²) in [7, 11) is 3.95. The highest BCUT2D eigenvalue weighted by molar-refractivity contribution is 7.09. The van der Waals surface area contributed by atoms with E-state index in [1.54, 1.807) is 23.0 Å². The Bertz CT molecular complexity index is 970. The molecule has 8 nitrogen and oxygen atoms in total. The largest absolute Gasteiger partial charge is 0.396 e. The quantitative estimate of drug-likeness (QED) is 0.422. The maximum absolute atomic E-state index is 12.4. The van der Waals surface area contributed by atoms with Crippen molar-refractivity contribution < 1.29 is 9.59 Å². The van der Waals surface area contributed by atoms with E-state index in [-0.39, 0.29) is 23.7 Å². The summed E-state index contributed by atoms with van der Waals surface area (Å²) in [6.45, 7) is 0.781. The van der Waals surface area contributed by atoms with Crippen LogP contribution in [0.5, 0.6) is 0 Å². The van der Waals surface area contributed by atoms with Crippen LogP contribution in [0.3, 0.4) is 0 Å². The van der Waals surface area contributed by atoms with Gasteiger partial charge in [-0.15, -0.1) is 11.3 Å². The second kappa shape index (κ2) is 10.2. The Hall–Kier alpha value is -2.95. The first kappa shape index (κ1) is 21.8. The number of nitrogens with one attached hydrogen (secondary N) is 3. The monoisotopic (exact) mass is 444 g/mol. The SMILES string of the molecule is CN(C)CCC(NC(=O)Nc1ccsc1)c1ccc(C(=O)Nc2cscc2N)nc1. The van der Waals surface area contributed by atoms with E-state index >= 15 is 0 Å². The Morgan fingerprint density at radius 2 is 1.97 bits per heavy atom. The molecule has 0 aliphatic carbocycles. The maximum Gasteiger partial charge on any atom is 0.319 e. The van der Waals surface area contributed by atoms with E-state index < -0.39 is 0 Å². The van der Waals surface area contributed by atoms with Gasteiger partial charge in [-0.2, -0.15) is 11.3 Å². The summed E-state index contributed by atoms with van der Waals surface area (Å²) in [5.74, 6) is -0.334. The van der Waals surface area contributed by atoms with Crippen LogP contribution >= 0.6 is 22.7 Å². The fourth-order valence-electron chi connectivity index (χ4n) is 2.71. The van der Waals surface area contributed by atoms with Crippen molar-refractivity contribution in [2.45, 2.75) is 12.5 Å². The number of amides is 3. The van der Waals surface area contributed by atoms with Crippen LogP contribution in [0.25, 0.3) is 0 Å². The minimum Gasteiger partial charge on any atom is -0.396 e. The van der Waals surface area contributed by atoms with Gasteiger partial charge in [0.2, 0.25) is 0 Å². The van der Waals surface area contributed by atoms with Gasteiger partial charge in [0.15, 0.2) is 0 Å². The van der Waals surface area contributed by atoms with Crippen LogP contribution in [0.2, 0.25) is 0 Å². The summed E-state index contributed by atoms with van der Waals surface area (Å²) in [5.41, 5.74) is 8.76. The molecule has 1 atom stereocenters. The van der Waals surface area contributed by atoms with Gasteiger partial charge < -0.3 is 26.6 Å². The van der Waals surface area contributed by atoms with Crippen molar-refractivity contribution >= 4 is 51.7 Å². The van der Waals surface area contributed by atoms with Crippen molar-refractivity contribution in [2.75, 3.05) is 37.0 Å². The lowest BCUT2D eigenvalue weighted by Gasteiger charge is -2.21. The number of hydrogen-bond acceptors (Lipinski definition) is 7. The molecule has 0 radical (unpaired) electrons. The van der Waals surface area contributed by atoms with Gasteiger partial charge in [0, 0.05) is 22.3 Å². The van der Waals surface area contributed by atoms with Gasteiger partial charge in [-0.25, -0.2) is 4.79 Å². The first-order valence-electron chi connectivity index (χ1n) is 9.26. The molecule has 0 saturated heterocycles. The number of rotatable bonds is 8. The summed E-state index contributed by atoms with van der Waals surface area (Å²) in [6.07, 6.45) is 2.32. The van der Waals surface area contributed by atoms with Crippen molar-refractivity contribution in [1.29, 1.82) is 0 Å². The molecule has 3 rings (SSSR count). The average Bonchev–Trinajstić information content (AvgIpc) is 3.37. The Morgan fingerprint density at radius 3 is 2.57 bits per heavy atom. The molecule has 1 unspecified atom stereocenters. The predicted octanol–water partition coefficient (Wildman–Crippen LogP) is 3.85. The number of thiophene rings is 2. The highest BCUT2D eigenvalue weighted by Gasteiger charge is 2.17. The number of carbonyl (C=O) groups is 2. The topological polar surface area (TPSA) is 112 Å². The van der Waals surface area contributed by atoms with Gasteiger partial charge in [0.1, 0.15) is 5.69 Å². The van der Waals surface area contributed by atoms with E-state index in [0.29, 0.717) is 17.8 Å². The molecule has 5 N–H and O–H groups in total. The minimum absolute atomic E-state index is 0.247. The molecular formula is C20H24N6O2S2. The molecule has 3 aromatic rings. The summed E-state index contributed by atoms with van der Waals surface area (Å²) < 4.78 is 0. The number of hydrogen-bond donors (Lipinski definition) is 4. The number of nitrogens with two attached hydrogens (primary N) is 1. The Balaban J connectivity index is 1.68. The van der Waals surface area contributed by atoms with Gasteiger partial charge in [0.25, 0.3) is 5.91 Å². The third-order valence-corrected chi connectivity index (χ3v) is 5.76. The van der Waals surface area contributed by atoms with Crippen molar-refractivity contribution in [3.05, 3.63) is 57.2 Å². The second-order valence-electron chi connectivity index (χ2n) is 6.93. The van der Waals surface area contributed by atoms with E-state index in [1.807, 2.05) is 41.9 Å². The van der Waals surface area contributed by atoms with E-state index in [0.717, 1.165) is 17.8 Å². The number of anilines is 3. The molecule has 30 heavy (non-hydrogen) atoms. The third-order valence-electron chi connectivity index (χ3n) is 4.31. The number of pyridine rings is 1. The van der Waals surface area contributed by atoms with Gasteiger partial charge in [0.05, 0.1) is 23.1 Å². The van der Waals surface area contributed by atoms with E-state index in [9.17, 15) is 9.59 Å². The molecule has 0 fully saturated rings. The number of urea groups is 1. The van der Waals surface area contributed by atoms with Crippen molar-refractivity contribution in [1.82, 2.24) is 15.2 Å². The Kier molecular flexibility index (Phi) is 7.39. The molecule has 0 bridgehead atoms. The minimum atomic E-state index is -0.334. The highest BCUT2D eigenvalue weighted by atomic mass is 32.1. The number of nitrogen functional groups attached to an aromatic ring is 1. The summed E-state index contributed by atoms with van der Waals surface area (Å²) >= 11 is 2.93. The standard InChI is InChI=1S/C20H24N6O2S2/c1-26(2)7-5-16(25-20(28)23-14-6-8-29-10-14)13-3-4-17(22-9-13)19(27)24-18-12-30-11-15(18)21/h3-4,6,8-12,16H,5,7,21H2,1-2H3,(H,24,27)(H2,23,25,28). The lowest BCUT2D eigenvalue weighted by molar-refractivity contribution is 0.102. The zero-order valence-corrected chi connectivity index (χ0v) is 18.3. The Labute approximate surface area is 183 Å². The Morgan fingerprint density at radius 1 is 1.13 bits per heavy atom. The summed E-state index contributed by atoms with van der Waals surface area (Å²) in [6, 6.07) is 4.77. The third kappa shape index (κ3) is 6.02.